The minimum atomic E-state index is 0.442. The molecule has 1 N–H and O–H groups in total. The molecule has 0 aliphatic heterocycles. The quantitative estimate of drug-likeness (QED) is 0.885. The van der Waals surface area contributed by atoms with Gasteiger partial charge >= 0.3 is 0 Å². The Hall–Kier alpha value is -1.88. The molecule has 5 heteroatoms. The van der Waals surface area contributed by atoms with Gasteiger partial charge in [0.2, 0.25) is 0 Å². The second kappa shape index (κ2) is 5.85. The fourth-order valence-electron chi connectivity index (χ4n) is 2.51. The molecule has 1 heterocycles. The maximum atomic E-state index is 5.94. The van der Waals surface area contributed by atoms with Crippen LogP contribution in [-0.2, 0) is 20.2 Å². The molecule has 1 aromatic heterocycles. The first kappa shape index (κ1) is 14.1. The van der Waals surface area contributed by atoms with Gasteiger partial charge in [-0.15, -0.1) is 0 Å². The van der Waals surface area contributed by atoms with Gasteiger partial charge in [-0.25, -0.2) is 4.98 Å². The lowest BCUT2D eigenvalue weighted by atomic mass is 10.1. The van der Waals surface area contributed by atoms with E-state index in [2.05, 4.69) is 41.4 Å². The summed E-state index contributed by atoms with van der Waals surface area (Å²) in [5.41, 5.74) is 3.66. The van der Waals surface area contributed by atoms with E-state index in [1.165, 1.54) is 29.5 Å². The third kappa shape index (κ3) is 3.42. The third-order valence-corrected chi connectivity index (χ3v) is 3.84. The predicted octanol–water partition coefficient (Wildman–Crippen LogP) is 2.26. The molecule has 3 rings (SSSR count). The van der Waals surface area contributed by atoms with Gasteiger partial charge in [-0.2, -0.15) is 5.10 Å². The molecule has 1 fully saturated rings. The molecule has 1 aliphatic carbocycles. The topological polar surface area (TPSA) is 52.0 Å². The van der Waals surface area contributed by atoms with Gasteiger partial charge < -0.3 is 10.1 Å². The highest BCUT2D eigenvalue weighted by atomic mass is 16.5. The number of rotatable bonds is 6. The molecule has 1 aliphatic rings. The van der Waals surface area contributed by atoms with Crippen LogP contribution in [0.4, 0.5) is 0 Å². The Kier molecular flexibility index (Phi) is 3.92. The van der Waals surface area contributed by atoms with Crippen molar-refractivity contribution in [1.82, 2.24) is 20.1 Å². The first-order valence-corrected chi connectivity index (χ1v) is 7.42. The van der Waals surface area contributed by atoms with Crippen LogP contribution in [0.2, 0.25) is 0 Å². The van der Waals surface area contributed by atoms with Crippen LogP contribution in [0.15, 0.2) is 18.5 Å². The number of aromatic nitrogens is 3. The summed E-state index contributed by atoms with van der Waals surface area (Å²) in [5, 5.41) is 7.60. The van der Waals surface area contributed by atoms with E-state index in [9.17, 15) is 0 Å². The van der Waals surface area contributed by atoms with Crippen molar-refractivity contribution in [3.05, 3.63) is 41.0 Å². The van der Waals surface area contributed by atoms with Crippen molar-refractivity contribution in [3.63, 3.8) is 0 Å². The van der Waals surface area contributed by atoms with E-state index >= 15 is 0 Å². The molecular formula is C16H22N4O. The Bertz CT molecular complexity index is 608. The SMILES string of the molecule is Cc1cc(CNC2CC2)cc(C)c1OCc1ncnn1C. The van der Waals surface area contributed by atoms with E-state index in [1.807, 2.05) is 7.05 Å². The van der Waals surface area contributed by atoms with Gasteiger partial charge in [-0.1, -0.05) is 12.1 Å². The van der Waals surface area contributed by atoms with Crippen LogP contribution in [0.1, 0.15) is 35.4 Å². The molecule has 0 radical (unpaired) electrons. The molecule has 1 aromatic carbocycles. The van der Waals surface area contributed by atoms with Crippen LogP contribution in [-0.4, -0.2) is 20.8 Å². The number of ether oxygens (including phenoxy) is 1. The number of benzene rings is 1. The molecule has 0 atom stereocenters. The molecule has 112 valence electrons. The summed E-state index contributed by atoms with van der Waals surface area (Å²) >= 11 is 0. The zero-order valence-electron chi connectivity index (χ0n) is 12.9. The Morgan fingerprint density at radius 1 is 1.29 bits per heavy atom. The van der Waals surface area contributed by atoms with Gasteiger partial charge in [-0.3, -0.25) is 4.68 Å². The number of nitrogens with zero attached hydrogens (tertiary/aromatic N) is 3. The van der Waals surface area contributed by atoms with E-state index in [0.717, 1.165) is 24.2 Å². The Morgan fingerprint density at radius 3 is 2.57 bits per heavy atom. The van der Waals surface area contributed by atoms with E-state index in [0.29, 0.717) is 6.61 Å². The molecule has 0 amide bonds. The van der Waals surface area contributed by atoms with Crippen LogP contribution in [0.5, 0.6) is 5.75 Å². The first-order valence-electron chi connectivity index (χ1n) is 7.42. The van der Waals surface area contributed by atoms with E-state index in [-0.39, 0.29) is 0 Å². The van der Waals surface area contributed by atoms with Gasteiger partial charge in [0.15, 0.2) is 5.82 Å². The Labute approximate surface area is 125 Å². The minimum absolute atomic E-state index is 0.442. The minimum Gasteiger partial charge on any atom is -0.485 e. The summed E-state index contributed by atoms with van der Waals surface area (Å²) in [4.78, 5) is 4.18. The number of aryl methyl sites for hydroxylation is 3. The highest BCUT2D eigenvalue weighted by Gasteiger charge is 2.20. The second-order valence-electron chi connectivity index (χ2n) is 5.80. The molecular weight excluding hydrogens is 264 g/mol. The second-order valence-corrected chi connectivity index (χ2v) is 5.80. The summed E-state index contributed by atoms with van der Waals surface area (Å²) in [5.74, 6) is 1.78. The maximum Gasteiger partial charge on any atom is 0.164 e. The van der Waals surface area contributed by atoms with Crippen molar-refractivity contribution >= 4 is 0 Å². The van der Waals surface area contributed by atoms with Crippen LogP contribution in [0.25, 0.3) is 0 Å². The average Bonchev–Trinajstić information content (AvgIpc) is 3.18. The van der Waals surface area contributed by atoms with Gasteiger partial charge in [0, 0.05) is 19.6 Å². The average molecular weight is 286 g/mol. The fraction of sp³-hybridized carbons (Fsp3) is 0.500. The predicted molar refractivity (Wildman–Crippen MR) is 81.1 cm³/mol. The molecule has 5 nitrogen and oxygen atoms in total. The van der Waals surface area contributed by atoms with Crippen LogP contribution >= 0.6 is 0 Å². The molecule has 0 spiro atoms. The van der Waals surface area contributed by atoms with Crippen molar-refractivity contribution in [1.29, 1.82) is 0 Å². The number of hydrogen-bond acceptors (Lipinski definition) is 4. The van der Waals surface area contributed by atoms with Gasteiger partial charge in [-0.05, 0) is 43.4 Å². The normalized spacial score (nSPS) is 14.4. The van der Waals surface area contributed by atoms with Gasteiger partial charge in [0.1, 0.15) is 18.7 Å². The number of nitrogens with one attached hydrogen (secondary N) is 1. The summed E-state index contributed by atoms with van der Waals surface area (Å²) < 4.78 is 7.68. The molecule has 0 unspecified atom stereocenters. The zero-order chi connectivity index (χ0) is 14.8. The van der Waals surface area contributed by atoms with Crippen molar-refractivity contribution in [2.24, 2.45) is 7.05 Å². The van der Waals surface area contributed by atoms with Crippen molar-refractivity contribution in [2.75, 3.05) is 0 Å². The largest absolute Gasteiger partial charge is 0.485 e. The van der Waals surface area contributed by atoms with Crippen LogP contribution < -0.4 is 10.1 Å². The van der Waals surface area contributed by atoms with Gasteiger partial charge in [0.05, 0.1) is 0 Å². The monoisotopic (exact) mass is 286 g/mol. The Balaban J connectivity index is 1.68. The van der Waals surface area contributed by atoms with Crippen LogP contribution in [0, 0.1) is 13.8 Å². The molecule has 1 saturated carbocycles. The highest BCUT2D eigenvalue weighted by Crippen LogP contribution is 2.26. The standard InChI is InChI=1S/C16H22N4O/c1-11-6-13(8-17-14-4-5-14)7-12(2)16(11)21-9-15-18-10-19-20(15)3/h6-7,10,14,17H,4-5,8-9H2,1-3H3. The van der Waals surface area contributed by atoms with E-state index in [1.54, 1.807) is 11.0 Å². The fourth-order valence-corrected chi connectivity index (χ4v) is 2.51. The lowest BCUT2D eigenvalue weighted by molar-refractivity contribution is 0.286. The van der Waals surface area contributed by atoms with E-state index in [4.69, 9.17) is 4.74 Å². The highest BCUT2D eigenvalue weighted by molar-refractivity contribution is 5.43. The molecule has 2 aromatic rings. The Morgan fingerprint density at radius 2 is 2.00 bits per heavy atom. The summed E-state index contributed by atoms with van der Waals surface area (Å²) in [6, 6.07) is 5.14. The smallest absolute Gasteiger partial charge is 0.164 e. The summed E-state index contributed by atoms with van der Waals surface area (Å²) in [7, 11) is 1.87. The summed E-state index contributed by atoms with van der Waals surface area (Å²) in [6.45, 7) is 5.58. The molecule has 0 bridgehead atoms. The van der Waals surface area contributed by atoms with E-state index < -0.39 is 0 Å². The van der Waals surface area contributed by atoms with Gasteiger partial charge in [0.25, 0.3) is 0 Å². The zero-order valence-corrected chi connectivity index (χ0v) is 12.9. The van der Waals surface area contributed by atoms with Crippen molar-refractivity contribution in [2.45, 2.75) is 45.9 Å². The summed E-state index contributed by atoms with van der Waals surface area (Å²) in [6.07, 6.45) is 4.18. The number of hydrogen-bond donors (Lipinski definition) is 1. The first-order chi connectivity index (χ1) is 10.1. The lowest BCUT2D eigenvalue weighted by Crippen LogP contribution is -2.15. The molecule has 21 heavy (non-hydrogen) atoms. The maximum absolute atomic E-state index is 5.94. The van der Waals surface area contributed by atoms with Crippen molar-refractivity contribution < 1.29 is 4.74 Å². The van der Waals surface area contributed by atoms with Crippen LogP contribution in [0.3, 0.4) is 0 Å². The molecule has 0 saturated heterocycles. The van der Waals surface area contributed by atoms with Crippen molar-refractivity contribution in [3.8, 4) is 5.75 Å². The third-order valence-electron chi connectivity index (χ3n) is 3.84. The lowest BCUT2D eigenvalue weighted by Gasteiger charge is -2.14.